The lowest BCUT2D eigenvalue weighted by Gasteiger charge is -1.97. The minimum atomic E-state index is -1.04. The fourth-order valence-electron chi connectivity index (χ4n) is 2.75. The summed E-state index contributed by atoms with van der Waals surface area (Å²) in [6.07, 6.45) is 0. The van der Waals surface area contributed by atoms with Gasteiger partial charge in [0.25, 0.3) is 0 Å². The highest BCUT2D eigenvalue weighted by Gasteiger charge is 2.06. The van der Waals surface area contributed by atoms with Gasteiger partial charge in [0.1, 0.15) is 34.9 Å². The normalized spacial score (nSPS) is 10.1. The molecular formula is C24H22F2N8O2. The highest BCUT2D eigenvalue weighted by Crippen LogP contribution is 2.20. The van der Waals surface area contributed by atoms with E-state index in [1.807, 2.05) is 6.07 Å². The van der Waals surface area contributed by atoms with E-state index in [9.17, 15) is 13.6 Å². The molecule has 36 heavy (non-hydrogen) atoms. The Bertz CT molecular complexity index is 1470. The van der Waals surface area contributed by atoms with E-state index in [4.69, 9.17) is 28.0 Å². The molecule has 0 spiro atoms. The summed E-state index contributed by atoms with van der Waals surface area (Å²) in [6.45, 7) is 0. The van der Waals surface area contributed by atoms with Crippen LogP contribution in [-0.4, -0.2) is 31.0 Å². The summed E-state index contributed by atoms with van der Waals surface area (Å²) in [5.41, 5.74) is 24.2. The number of halogens is 2. The lowest BCUT2D eigenvalue weighted by Crippen LogP contribution is -1.99. The van der Waals surface area contributed by atoms with Crippen LogP contribution in [0.4, 0.5) is 31.9 Å². The molecule has 0 saturated heterocycles. The number of nitrogen functional groups attached to an aromatic ring is 4. The second-order valence-corrected chi connectivity index (χ2v) is 7.22. The Morgan fingerprint density at radius 1 is 0.722 bits per heavy atom. The van der Waals surface area contributed by atoms with Crippen LogP contribution in [0.5, 0.6) is 0 Å². The number of carbonyl (C=O) groups is 1. The van der Waals surface area contributed by atoms with Crippen molar-refractivity contribution in [2.75, 3.05) is 22.9 Å². The third-order valence-electron chi connectivity index (χ3n) is 4.56. The van der Waals surface area contributed by atoms with Gasteiger partial charge in [-0.1, -0.05) is 0 Å². The van der Waals surface area contributed by atoms with Gasteiger partial charge in [0.2, 0.25) is 0 Å². The molecule has 0 aliphatic carbocycles. The number of aromatic nitrogens is 4. The van der Waals surface area contributed by atoms with E-state index in [1.54, 1.807) is 30.3 Å². The second kappa shape index (κ2) is 11.2. The third-order valence-corrected chi connectivity index (χ3v) is 4.56. The Kier molecular flexibility index (Phi) is 7.92. The molecule has 0 unspecified atom stereocenters. The number of aromatic carboxylic acids is 1. The number of hydrogen-bond acceptors (Lipinski definition) is 8. The van der Waals surface area contributed by atoms with Crippen molar-refractivity contribution >= 4 is 40.3 Å². The summed E-state index contributed by atoms with van der Waals surface area (Å²) in [6, 6.07) is 17.5. The number of hydrogen-bond donors (Lipinski definition) is 6. The van der Waals surface area contributed by atoms with Gasteiger partial charge < -0.3 is 33.0 Å². The SMILES string of the molecule is Nc1ccc(N)c(N)n1.Nc1ccc2[nH]c(-c3ccc(F)cc3)nc2n1.O=C(O)c1ccc(F)cc1. The summed E-state index contributed by atoms with van der Waals surface area (Å²) in [5, 5.41) is 8.35. The van der Waals surface area contributed by atoms with Crippen LogP contribution in [0.15, 0.2) is 72.8 Å². The van der Waals surface area contributed by atoms with Crippen LogP contribution < -0.4 is 22.9 Å². The first-order valence-electron chi connectivity index (χ1n) is 10.3. The number of nitrogens with one attached hydrogen (secondary N) is 1. The predicted octanol–water partition coefficient (Wildman–Crippen LogP) is 3.70. The molecule has 0 saturated carbocycles. The van der Waals surface area contributed by atoms with Gasteiger partial charge in [0.05, 0.1) is 16.8 Å². The zero-order valence-corrected chi connectivity index (χ0v) is 18.7. The largest absolute Gasteiger partial charge is 0.478 e. The van der Waals surface area contributed by atoms with E-state index in [1.165, 1.54) is 24.3 Å². The highest BCUT2D eigenvalue weighted by molar-refractivity contribution is 5.87. The van der Waals surface area contributed by atoms with Crippen molar-refractivity contribution in [3.8, 4) is 11.4 Å². The number of H-pyrrole nitrogens is 1. The first kappa shape index (κ1) is 25.4. The Morgan fingerprint density at radius 3 is 1.83 bits per heavy atom. The standard InChI is InChI=1S/C12H9FN4.C7H5FO2.C5H8N4/c13-8-3-1-7(2-4-8)11-15-9-5-6-10(14)16-12(9)17-11;8-6-3-1-5(2-4-6)7(9)10;6-3-1-2-4(7)9-5(3)8/h1-6H,(H3,14,15,16,17);1-4H,(H,9,10);1-2H,6H2,(H4,7,8,9). The molecule has 184 valence electrons. The average Bonchev–Trinajstić information content (AvgIpc) is 3.26. The molecule has 3 heterocycles. The number of benzene rings is 2. The van der Waals surface area contributed by atoms with E-state index in [0.29, 0.717) is 28.8 Å². The fourth-order valence-corrected chi connectivity index (χ4v) is 2.75. The number of nitrogens with zero attached hydrogens (tertiary/aromatic N) is 3. The van der Waals surface area contributed by atoms with Crippen LogP contribution in [0.25, 0.3) is 22.6 Å². The van der Waals surface area contributed by atoms with Crippen molar-refractivity contribution in [1.82, 2.24) is 19.9 Å². The number of aromatic amines is 1. The Labute approximate surface area is 203 Å². The number of rotatable bonds is 2. The van der Waals surface area contributed by atoms with Crippen molar-refractivity contribution in [3.05, 3.63) is 90.0 Å². The van der Waals surface area contributed by atoms with Crippen molar-refractivity contribution in [1.29, 1.82) is 0 Å². The van der Waals surface area contributed by atoms with Gasteiger partial charge in [-0.15, -0.1) is 0 Å². The first-order chi connectivity index (χ1) is 17.1. The number of carboxylic acids is 1. The molecule has 0 aliphatic rings. The molecule has 10 N–H and O–H groups in total. The number of fused-ring (bicyclic) bond motifs is 1. The van der Waals surface area contributed by atoms with Crippen LogP contribution in [-0.2, 0) is 0 Å². The van der Waals surface area contributed by atoms with Crippen molar-refractivity contribution in [2.24, 2.45) is 0 Å². The van der Waals surface area contributed by atoms with Crippen molar-refractivity contribution in [2.45, 2.75) is 0 Å². The molecule has 0 fully saturated rings. The van der Waals surface area contributed by atoms with Crippen LogP contribution in [0, 0.1) is 11.6 Å². The Morgan fingerprint density at radius 2 is 1.28 bits per heavy atom. The number of anilines is 4. The van der Waals surface area contributed by atoms with Gasteiger partial charge in [-0.05, 0) is 72.8 Å². The summed E-state index contributed by atoms with van der Waals surface area (Å²) >= 11 is 0. The Hall–Kier alpha value is -5.26. The number of imidazole rings is 1. The minimum Gasteiger partial charge on any atom is -0.478 e. The first-order valence-corrected chi connectivity index (χ1v) is 10.3. The van der Waals surface area contributed by atoms with E-state index in [-0.39, 0.29) is 17.2 Å². The second-order valence-electron chi connectivity index (χ2n) is 7.22. The molecular weight excluding hydrogens is 470 g/mol. The van der Waals surface area contributed by atoms with E-state index in [0.717, 1.165) is 23.2 Å². The van der Waals surface area contributed by atoms with Crippen molar-refractivity contribution < 1.29 is 18.7 Å². The third kappa shape index (κ3) is 6.87. The number of pyridine rings is 2. The molecule has 0 bridgehead atoms. The van der Waals surface area contributed by atoms with E-state index < -0.39 is 11.8 Å². The molecule has 10 nitrogen and oxygen atoms in total. The van der Waals surface area contributed by atoms with Crippen LogP contribution >= 0.6 is 0 Å². The maximum Gasteiger partial charge on any atom is 0.335 e. The van der Waals surface area contributed by atoms with Gasteiger partial charge in [0.15, 0.2) is 5.65 Å². The maximum absolute atomic E-state index is 12.8. The lowest BCUT2D eigenvalue weighted by molar-refractivity contribution is 0.0697. The van der Waals surface area contributed by atoms with Crippen LogP contribution in [0.1, 0.15) is 10.4 Å². The predicted molar refractivity (Wildman–Crippen MR) is 135 cm³/mol. The summed E-state index contributed by atoms with van der Waals surface area (Å²) in [5.74, 6) is 0.0155. The Balaban J connectivity index is 0.000000163. The molecule has 5 rings (SSSR count). The molecule has 12 heteroatoms. The number of carboxylic acid groups (broad SMARTS) is 1. The monoisotopic (exact) mass is 492 g/mol. The summed E-state index contributed by atoms with van der Waals surface area (Å²) < 4.78 is 25.0. The average molecular weight is 492 g/mol. The molecule has 0 amide bonds. The van der Waals surface area contributed by atoms with E-state index in [2.05, 4.69) is 19.9 Å². The maximum atomic E-state index is 12.8. The van der Waals surface area contributed by atoms with Gasteiger partial charge in [-0.2, -0.15) is 0 Å². The topological polar surface area (TPSA) is 196 Å². The zero-order chi connectivity index (χ0) is 26.2. The highest BCUT2D eigenvalue weighted by atomic mass is 19.1. The molecule has 3 aromatic heterocycles. The number of nitrogens with two attached hydrogens (primary N) is 4. The van der Waals surface area contributed by atoms with Crippen LogP contribution in [0.2, 0.25) is 0 Å². The summed E-state index contributed by atoms with van der Waals surface area (Å²) in [7, 11) is 0. The minimum absolute atomic E-state index is 0.0985. The van der Waals surface area contributed by atoms with Gasteiger partial charge in [-0.3, -0.25) is 0 Å². The van der Waals surface area contributed by atoms with E-state index >= 15 is 0 Å². The van der Waals surface area contributed by atoms with Gasteiger partial charge in [-0.25, -0.2) is 28.5 Å². The van der Waals surface area contributed by atoms with Crippen LogP contribution in [0.3, 0.4) is 0 Å². The van der Waals surface area contributed by atoms with Crippen molar-refractivity contribution in [3.63, 3.8) is 0 Å². The zero-order valence-electron chi connectivity index (χ0n) is 18.7. The molecule has 5 aromatic rings. The molecule has 0 radical (unpaired) electrons. The smallest absolute Gasteiger partial charge is 0.335 e. The van der Waals surface area contributed by atoms with Gasteiger partial charge in [0, 0.05) is 5.56 Å². The fraction of sp³-hybridized carbons (Fsp3) is 0. The molecule has 0 atom stereocenters. The molecule has 2 aromatic carbocycles. The quantitative estimate of drug-likeness (QED) is 0.213. The summed E-state index contributed by atoms with van der Waals surface area (Å²) in [4.78, 5) is 25.4. The van der Waals surface area contributed by atoms with Gasteiger partial charge >= 0.3 is 5.97 Å². The lowest BCUT2D eigenvalue weighted by atomic mass is 10.2. The molecule has 0 aliphatic heterocycles.